The number of ether oxygens (including phenoxy) is 3. The minimum absolute atomic E-state index is 0.0413. The van der Waals surface area contributed by atoms with E-state index < -0.39 is 48.0 Å². The van der Waals surface area contributed by atoms with Crippen molar-refractivity contribution in [2.75, 3.05) is 19.7 Å². The maximum absolute atomic E-state index is 14.1. The zero-order chi connectivity index (χ0) is 40.1. The van der Waals surface area contributed by atoms with E-state index in [1.54, 1.807) is 13.0 Å². The van der Waals surface area contributed by atoms with E-state index in [0.29, 0.717) is 36.2 Å². The predicted octanol–water partition coefficient (Wildman–Crippen LogP) is 3.04. The molecule has 320 valence electrons. The van der Waals surface area contributed by atoms with Gasteiger partial charge >= 0.3 is 5.97 Å². The second kappa shape index (κ2) is 19.7. The molecule has 56 heavy (non-hydrogen) atoms. The summed E-state index contributed by atoms with van der Waals surface area (Å²) in [5.74, 6) is -0.652. The number of quaternary nitrogens is 1. The molecule has 0 aromatic heterocycles. The zero-order valence-corrected chi connectivity index (χ0v) is 34.9. The van der Waals surface area contributed by atoms with Crippen LogP contribution in [0.1, 0.15) is 130 Å². The first-order valence-electron chi connectivity index (χ1n) is 22.6. The SMILES string of the molecule is CC=C(C)C(=O)OC1CC2C(O)C3C(=O)CC(CO)OC3C(C(CC3CCCC(O)C3)C3CCNC(N)C3)C2OC1(C)CC(CCCCC)C1CCC(N)[NH2+]C1. The van der Waals surface area contributed by atoms with Crippen LogP contribution in [-0.4, -0.2) is 101 Å². The summed E-state index contributed by atoms with van der Waals surface area (Å²) in [5.41, 5.74) is 12.6. The number of unbranched alkanes of at least 4 members (excludes halogenated alkanes) is 2. The molecule has 0 aromatic carbocycles. The number of hydrogen-bond acceptors (Lipinski definition) is 11. The van der Waals surface area contributed by atoms with Crippen molar-refractivity contribution in [3.63, 3.8) is 0 Å². The highest BCUT2D eigenvalue weighted by Crippen LogP contribution is 2.55. The number of nitrogens with one attached hydrogen (secondary N) is 1. The Hall–Kier alpha value is -1.48. The smallest absolute Gasteiger partial charge is 0.333 e. The van der Waals surface area contributed by atoms with E-state index in [1.807, 2.05) is 6.92 Å². The fraction of sp³-hybridized carbons (Fsp3) is 0.909. The Bertz CT molecular complexity index is 1330. The summed E-state index contributed by atoms with van der Waals surface area (Å²) in [6.45, 7) is 9.43. The van der Waals surface area contributed by atoms with Gasteiger partial charge in [-0.05, 0) is 109 Å². The number of esters is 1. The Morgan fingerprint density at radius 3 is 2.57 bits per heavy atom. The summed E-state index contributed by atoms with van der Waals surface area (Å²) in [6.07, 6.45) is 11.6. The lowest BCUT2D eigenvalue weighted by Gasteiger charge is -2.60. The van der Waals surface area contributed by atoms with Crippen LogP contribution in [0.25, 0.3) is 0 Å². The fourth-order valence-corrected chi connectivity index (χ4v) is 12.2. The van der Waals surface area contributed by atoms with Gasteiger partial charge in [0.05, 0.1) is 55.8 Å². The highest BCUT2D eigenvalue weighted by molar-refractivity contribution is 5.87. The monoisotopic (exact) mass is 790 g/mol. The number of nitrogens with two attached hydrogens (primary N) is 3. The molecule has 2 saturated carbocycles. The Morgan fingerprint density at radius 1 is 1.09 bits per heavy atom. The molecule has 0 radical (unpaired) electrons. The van der Waals surface area contributed by atoms with Gasteiger partial charge in [0.2, 0.25) is 0 Å². The molecule has 6 rings (SSSR count). The number of piperidine rings is 2. The van der Waals surface area contributed by atoms with Crippen molar-refractivity contribution >= 4 is 11.8 Å². The third-order valence-corrected chi connectivity index (χ3v) is 15.3. The number of fused-ring (bicyclic) bond motifs is 2. The summed E-state index contributed by atoms with van der Waals surface area (Å²) in [6, 6.07) is 0. The van der Waals surface area contributed by atoms with Crippen molar-refractivity contribution in [3.8, 4) is 0 Å². The largest absolute Gasteiger partial charge is 0.456 e. The molecule has 12 nitrogen and oxygen atoms in total. The van der Waals surface area contributed by atoms with Gasteiger partial charge in [0.1, 0.15) is 23.7 Å². The van der Waals surface area contributed by atoms with Crippen LogP contribution in [0.2, 0.25) is 0 Å². The molecule has 2 aliphatic carbocycles. The molecule has 6 fully saturated rings. The van der Waals surface area contributed by atoms with Crippen LogP contribution in [0.5, 0.6) is 0 Å². The topological polar surface area (TPSA) is 203 Å². The molecular weight excluding hydrogens is 713 g/mol. The zero-order valence-electron chi connectivity index (χ0n) is 34.9. The van der Waals surface area contributed by atoms with Crippen molar-refractivity contribution in [1.29, 1.82) is 0 Å². The second-order valence-electron chi connectivity index (χ2n) is 19.2. The maximum Gasteiger partial charge on any atom is 0.333 e. The number of carbonyl (C=O) groups is 2. The van der Waals surface area contributed by atoms with Gasteiger partial charge in [0, 0.05) is 36.2 Å². The number of allylic oxidation sites excluding steroid dienone is 1. The van der Waals surface area contributed by atoms with E-state index in [0.717, 1.165) is 96.6 Å². The fourth-order valence-electron chi connectivity index (χ4n) is 12.2. The summed E-state index contributed by atoms with van der Waals surface area (Å²) >= 11 is 0. The van der Waals surface area contributed by atoms with E-state index in [1.165, 1.54) is 0 Å². The van der Waals surface area contributed by atoms with Gasteiger partial charge in [-0.2, -0.15) is 0 Å². The molecule has 0 spiro atoms. The molecule has 4 heterocycles. The van der Waals surface area contributed by atoms with Crippen LogP contribution in [0.3, 0.4) is 0 Å². The Balaban J connectivity index is 1.43. The van der Waals surface area contributed by atoms with Crippen molar-refractivity contribution < 1.29 is 44.4 Å². The van der Waals surface area contributed by atoms with Crippen LogP contribution in [0.15, 0.2) is 11.6 Å². The molecule has 10 N–H and O–H groups in total. The minimum Gasteiger partial charge on any atom is -0.456 e. The molecule has 4 saturated heterocycles. The summed E-state index contributed by atoms with van der Waals surface area (Å²) in [5, 5.41) is 39.3. The third kappa shape index (κ3) is 10.1. The highest BCUT2D eigenvalue weighted by atomic mass is 16.6. The van der Waals surface area contributed by atoms with Crippen molar-refractivity contribution in [1.82, 2.24) is 5.32 Å². The van der Waals surface area contributed by atoms with E-state index in [9.17, 15) is 24.9 Å². The van der Waals surface area contributed by atoms with E-state index in [2.05, 4.69) is 24.5 Å². The lowest BCUT2D eigenvalue weighted by Crippen LogP contribution is -2.95. The lowest BCUT2D eigenvalue weighted by atomic mass is 9.56. The minimum atomic E-state index is -1.05. The van der Waals surface area contributed by atoms with Crippen LogP contribution >= 0.6 is 0 Å². The predicted molar refractivity (Wildman–Crippen MR) is 214 cm³/mol. The molecule has 0 bridgehead atoms. The Kier molecular flexibility index (Phi) is 15.5. The molecule has 17 atom stereocenters. The number of hydrogen-bond donors (Lipinski definition) is 7. The quantitative estimate of drug-likeness (QED) is 0.0775. The lowest BCUT2D eigenvalue weighted by molar-refractivity contribution is -0.704. The van der Waals surface area contributed by atoms with Crippen LogP contribution in [-0.2, 0) is 23.8 Å². The van der Waals surface area contributed by atoms with Crippen LogP contribution in [0.4, 0.5) is 0 Å². The van der Waals surface area contributed by atoms with Gasteiger partial charge in [-0.1, -0.05) is 45.1 Å². The molecule has 0 amide bonds. The van der Waals surface area contributed by atoms with Gasteiger partial charge in [-0.25, -0.2) is 4.79 Å². The van der Waals surface area contributed by atoms with Gasteiger partial charge in [-0.3, -0.25) is 10.5 Å². The number of ketones is 1. The van der Waals surface area contributed by atoms with Crippen molar-refractivity contribution in [2.45, 2.75) is 185 Å². The van der Waals surface area contributed by atoms with E-state index in [-0.39, 0.29) is 61.0 Å². The maximum atomic E-state index is 14.1. The number of aliphatic hydroxyl groups is 3. The first-order chi connectivity index (χ1) is 26.8. The molecule has 17 unspecified atom stereocenters. The average molecular weight is 790 g/mol. The average Bonchev–Trinajstić information content (AvgIpc) is 3.17. The molecule has 6 aliphatic rings. The normalized spacial score (nSPS) is 43.3. The number of Topliss-reactive ketones (excluding diaryl/α,β-unsaturated/α-hetero) is 1. The molecule has 4 aliphatic heterocycles. The van der Waals surface area contributed by atoms with E-state index in [4.69, 9.17) is 25.7 Å². The van der Waals surface area contributed by atoms with Crippen LogP contribution in [0, 0.1) is 47.3 Å². The molecule has 12 heteroatoms. The van der Waals surface area contributed by atoms with E-state index >= 15 is 0 Å². The number of aliphatic hydroxyl groups excluding tert-OH is 3. The third-order valence-electron chi connectivity index (χ3n) is 15.3. The van der Waals surface area contributed by atoms with Gasteiger partial charge < -0.3 is 45.9 Å². The van der Waals surface area contributed by atoms with Crippen molar-refractivity contribution in [2.24, 2.45) is 58.8 Å². The molecular formula is C44H77N4O8+. The number of rotatable bonds is 14. The summed E-state index contributed by atoms with van der Waals surface area (Å²) < 4.78 is 20.9. The highest BCUT2D eigenvalue weighted by Gasteiger charge is 2.63. The summed E-state index contributed by atoms with van der Waals surface area (Å²) in [4.78, 5) is 27.8. The standard InChI is InChI=1S/C44H76N4O8/c1-5-7-8-11-28(29-13-14-36(45)48-23-29)22-44(4)35(55-43(53)25(3)6-2)21-33-40(52)39-34(51)20-31(24-49)54-42(39)38(41(33)56-44)32(27-15-16-47-37(46)19-27)18-26-10-9-12-30(50)17-26/h6,26-33,35-42,47-50,52H,5,7-24,45-46H2,1-4H3/p+1. The Morgan fingerprint density at radius 2 is 1.89 bits per heavy atom. The van der Waals surface area contributed by atoms with Gasteiger partial charge in [0.25, 0.3) is 0 Å². The molecule has 0 aromatic rings. The Labute approximate surface area is 336 Å². The van der Waals surface area contributed by atoms with Gasteiger partial charge in [-0.15, -0.1) is 0 Å². The van der Waals surface area contributed by atoms with Crippen molar-refractivity contribution in [3.05, 3.63) is 11.6 Å². The van der Waals surface area contributed by atoms with Crippen LogP contribution < -0.4 is 22.1 Å². The summed E-state index contributed by atoms with van der Waals surface area (Å²) in [7, 11) is 0. The van der Waals surface area contributed by atoms with Gasteiger partial charge in [0.15, 0.2) is 0 Å². The second-order valence-corrected chi connectivity index (χ2v) is 19.2. The first-order valence-corrected chi connectivity index (χ1v) is 22.6. The number of carbonyl (C=O) groups excluding carboxylic acids is 2. The first kappa shape index (κ1) is 44.1.